The largest absolute Gasteiger partial charge is 0.435 e. The minimum absolute atomic E-state index is 0.0194. The average molecular weight is 297 g/mol. The number of rotatable bonds is 1. The van der Waals surface area contributed by atoms with E-state index < -0.39 is 11.9 Å². The number of nitrogens with zero attached hydrogens (tertiary/aromatic N) is 3. The van der Waals surface area contributed by atoms with Gasteiger partial charge in [0, 0.05) is 6.20 Å². The van der Waals surface area contributed by atoms with Crippen LogP contribution in [0.15, 0.2) is 18.3 Å². The van der Waals surface area contributed by atoms with Crippen LogP contribution in [0.3, 0.4) is 0 Å². The summed E-state index contributed by atoms with van der Waals surface area (Å²) in [5.74, 6) is -0.0609. The molecule has 2 rings (SSSR count). The third-order valence-corrected chi connectivity index (χ3v) is 2.62. The molecule has 0 fully saturated rings. The minimum Gasteiger partial charge on any atom is -0.382 e. The van der Waals surface area contributed by atoms with Gasteiger partial charge in [-0.2, -0.15) is 18.3 Å². The maximum absolute atomic E-state index is 12.4. The predicted molar refractivity (Wildman–Crippen MR) is 60.8 cm³/mol. The van der Waals surface area contributed by atoms with E-state index >= 15 is 0 Å². The van der Waals surface area contributed by atoms with Crippen molar-refractivity contribution in [1.29, 1.82) is 0 Å². The third kappa shape index (κ3) is 2.37. The van der Waals surface area contributed by atoms with Crippen LogP contribution >= 0.6 is 23.2 Å². The number of halogens is 5. The topological polar surface area (TPSA) is 56.7 Å². The van der Waals surface area contributed by atoms with Crippen LogP contribution in [-0.4, -0.2) is 14.8 Å². The van der Waals surface area contributed by atoms with E-state index in [1.54, 1.807) is 0 Å². The molecule has 0 radical (unpaired) electrons. The minimum atomic E-state index is -4.53. The lowest BCUT2D eigenvalue weighted by molar-refractivity contribution is -0.141. The Kier molecular flexibility index (Phi) is 3.12. The maximum atomic E-state index is 12.4. The highest BCUT2D eigenvalue weighted by Gasteiger charge is 2.33. The molecule has 0 saturated carbocycles. The zero-order chi connectivity index (χ0) is 13.5. The van der Waals surface area contributed by atoms with Crippen molar-refractivity contribution in [3.63, 3.8) is 0 Å². The fourth-order valence-corrected chi connectivity index (χ4v) is 1.67. The molecule has 9 heteroatoms. The van der Waals surface area contributed by atoms with E-state index in [0.717, 1.165) is 16.9 Å². The van der Waals surface area contributed by atoms with Crippen LogP contribution in [0.5, 0.6) is 0 Å². The van der Waals surface area contributed by atoms with Crippen LogP contribution < -0.4 is 5.73 Å². The molecule has 0 unspecified atom stereocenters. The number of nitrogens with two attached hydrogens (primary N) is 1. The normalized spacial score (nSPS) is 11.8. The first-order valence-electron chi connectivity index (χ1n) is 4.54. The summed E-state index contributed by atoms with van der Waals surface area (Å²) in [4.78, 5) is 3.78. The molecule has 18 heavy (non-hydrogen) atoms. The molecule has 96 valence electrons. The summed E-state index contributed by atoms with van der Waals surface area (Å²) >= 11 is 11.5. The van der Waals surface area contributed by atoms with Crippen molar-refractivity contribution >= 4 is 29.0 Å². The Morgan fingerprint density at radius 3 is 2.44 bits per heavy atom. The van der Waals surface area contributed by atoms with Gasteiger partial charge in [-0.1, -0.05) is 23.2 Å². The highest BCUT2D eigenvalue weighted by atomic mass is 35.5. The van der Waals surface area contributed by atoms with Crippen molar-refractivity contribution in [3.05, 3.63) is 34.1 Å². The van der Waals surface area contributed by atoms with E-state index in [1.165, 1.54) is 6.07 Å². The SMILES string of the molecule is Nc1nc(-n2ccc(C(F)(F)F)n2)c(Cl)cc1Cl. The van der Waals surface area contributed by atoms with E-state index in [2.05, 4.69) is 10.1 Å². The number of anilines is 1. The van der Waals surface area contributed by atoms with Crippen LogP contribution in [0.4, 0.5) is 19.0 Å². The van der Waals surface area contributed by atoms with Crippen LogP contribution in [-0.2, 0) is 6.18 Å². The molecule has 2 heterocycles. The lowest BCUT2D eigenvalue weighted by Crippen LogP contribution is -2.08. The van der Waals surface area contributed by atoms with E-state index in [0.29, 0.717) is 0 Å². The highest BCUT2D eigenvalue weighted by Crippen LogP contribution is 2.30. The molecule has 4 nitrogen and oxygen atoms in total. The van der Waals surface area contributed by atoms with Gasteiger partial charge in [0.2, 0.25) is 0 Å². The van der Waals surface area contributed by atoms with Gasteiger partial charge in [0.1, 0.15) is 5.82 Å². The third-order valence-electron chi connectivity index (χ3n) is 2.03. The van der Waals surface area contributed by atoms with Crippen LogP contribution in [0.2, 0.25) is 10.0 Å². The van der Waals surface area contributed by atoms with Gasteiger partial charge in [0.05, 0.1) is 10.0 Å². The number of hydrogen-bond acceptors (Lipinski definition) is 3. The average Bonchev–Trinajstić information content (AvgIpc) is 2.72. The Morgan fingerprint density at radius 1 is 1.22 bits per heavy atom. The molecule has 2 N–H and O–H groups in total. The van der Waals surface area contributed by atoms with Gasteiger partial charge >= 0.3 is 6.18 Å². The summed E-state index contributed by atoms with van der Waals surface area (Å²) in [6.07, 6.45) is -3.44. The summed E-state index contributed by atoms with van der Waals surface area (Å²) in [6.45, 7) is 0. The number of hydrogen-bond donors (Lipinski definition) is 1. The lowest BCUT2D eigenvalue weighted by Gasteiger charge is -2.06. The molecule has 0 aliphatic carbocycles. The molecule has 0 atom stereocenters. The number of nitrogen functional groups attached to an aromatic ring is 1. The first-order valence-corrected chi connectivity index (χ1v) is 5.29. The Balaban J connectivity index is 2.50. The second-order valence-corrected chi connectivity index (χ2v) is 4.12. The lowest BCUT2D eigenvalue weighted by atomic mass is 10.4. The van der Waals surface area contributed by atoms with Crippen molar-refractivity contribution in [1.82, 2.24) is 14.8 Å². The van der Waals surface area contributed by atoms with Crippen LogP contribution in [0.1, 0.15) is 5.69 Å². The molecule has 0 spiro atoms. The number of alkyl halides is 3. The van der Waals surface area contributed by atoms with Gasteiger partial charge in [0.25, 0.3) is 0 Å². The van der Waals surface area contributed by atoms with Crippen molar-refractivity contribution in [2.75, 3.05) is 5.73 Å². The first-order chi connectivity index (χ1) is 8.29. The molecule has 0 saturated heterocycles. The fraction of sp³-hybridized carbons (Fsp3) is 0.111. The molecular formula is C9H5Cl2F3N4. The van der Waals surface area contributed by atoms with Crippen LogP contribution in [0.25, 0.3) is 5.82 Å². The zero-order valence-electron chi connectivity index (χ0n) is 8.54. The van der Waals surface area contributed by atoms with E-state index in [4.69, 9.17) is 28.9 Å². The number of pyridine rings is 1. The van der Waals surface area contributed by atoms with Gasteiger partial charge in [-0.3, -0.25) is 0 Å². The molecule has 0 aliphatic heterocycles. The fourth-order valence-electron chi connectivity index (χ4n) is 1.22. The van der Waals surface area contributed by atoms with Gasteiger partial charge < -0.3 is 5.73 Å². The van der Waals surface area contributed by atoms with Crippen molar-refractivity contribution in [2.45, 2.75) is 6.18 Å². The standard InChI is InChI=1S/C9H5Cl2F3N4/c10-4-3-5(11)8(16-7(4)15)18-2-1-6(17-18)9(12,13)14/h1-3H,(H2,15,16). The predicted octanol–water partition coefficient (Wildman–Crippen LogP) is 3.18. The molecule has 0 amide bonds. The molecule has 2 aromatic heterocycles. The quantitative estimate of drug-likeness (QED) is 0.879. The molecule has 0 aromatic carbocycles. The van der Waals surface area contributed by atoms with Crippen molar-refractivity contribution in [2.24, 2.45) is 0 Å². The Hall–Kier alpha value is -1.47. The van der Waals surface area contributed by atoms with Gasteiger partial charge in [-0.25, -0.2) is 9.67 Å². The summed E-state index contributed by atoms with van der Waals surface area (Å²) in [5.41, 5.74) is 4.41. The summed E-state index contributed by atoms with van der Waals surface area (Å²) in [5, 5.41) is 3.49. The summed E-state index contributed by atoms with van der Waals surface area (Å²) in [6, 6.07) is 2.10. The van der Waals surface area contributed by atoms with E-state index in [1.807, 2.05) is 0 Å². The second kappa shape index (κ2) is 4.33. The smallest absolute Gasteiger partial charge is 0.382 e. The van der Waals surface area contributed by atoms with Crippen LogP contribution in [0, 0.1) is 0 Å². The maximum Gasteiger partial charge on any atom is 0.435 e. The highest BCUT2D eigenvalue weighted by molar-refractivity contribution is 6.36. The second-order valence-electron chi connectivity index (χ2n) is 3.30. The monoisotopic (exact) mass is 296 g/mol. The summed E-state index contributed by atoms with van der Waals surface area (Å²) in [7, 11) is 0. The molecule has 0 bridgehead atoms. The van der Waals surface area contributed by atoms with Crippen molar-refractivity contribution in [3.8, 4) is 5.82 Å². The summed E-state index contributed by atoms with van der Waals surface area (Å²) < 4.78 is 38.0. The first kappa shape index (κ1) is 13.0. The van der Waals surface area contributed by atoms with Gasteiger partial charge in [-0.05, 0) is 12.1 Å². The zero-order valence-corrected chi connectivity index (χ0v) is 10.1. The number of aromatic nitrogens is 3. The van der Waals surface area contributed by atoms with Crippen molar-refractivity contribution < 1.29 is 13.2 Å². The van der Waals surface area contributed by atoms with E-state index in [9.17, 15) is 13.2 Å². The van der Waals surface area contributed by atoms with E-state index in [-0.39, 0.29) is 21.7 Å². The molecular weight excluding hydrogens is 292 g/mol. The van der Waals surface area contributed by atoms with Gasteiger partial charge in [0.15, 0.2) is 11.5 Å². The Bertz CT molecular complexity index is 594. The molecule has 2 aromatic rings. The molecule has 0 aliphatic rings. The van der Waals surface area contributed by atoms with Gasteiger partial charge in [-0.15, -0.1) is 0 Å². The Labute approximate surface area is 109 Å². The Morgan fingerprint density at radius 2 is 1.89 bits per heavy atom.